The third kappa shape index (κ3) is 2.22. The Morgan fingerprint density at radius 2 is 2.00 bits per heavy atom. The molecular formula is C18H17N3O. The number of carbonyl (C=O) groups is 1. The van der Waals surface area contributed by atoms with E-state index in [9.17, 15) is 4.79 Å². The number of nitrogens with one attached hydrogen (secondary N) is 1. The summed E-state index contributed by atoms with van der Waals surface area (Å²) in [6.45, 7) is 1.65. The first-order chi connectivity index (χ1) is 10.8. The first-order valence-corrected chi connectivity index (χ1v) is 7.56. The van der Waals surface area contributed by atoms with Crippen molar-refractivity contribution in [3.8, 4) is 0 Å². The standard InChI is InChI=1S/C18H17N3O/c22-12-17-14-6-2-1-5-13(14)11-21(17)10-9-18-19-15-7-3-4-8-16(15)20-18/h1-8,12,17H,9-11H2,(H,19,20). The number of rotatable bonds is 4. The van der Waals surface area contributed by atoms with Gasteiger partial charge < -0.3 is 9.78 Å². The summed E-state index contributed by atoms with van der Waals surface area (Å²) in [5, 5.41) is 0. The molecule has 2 heterocycles. The number of aromatic amines is 1. The Kier molecular flexibility index (Phi) is 3.24. The van der Waals surface area contributed by atoms with E-state index in [0.717, 1.165) is 48.2 Å². The van der Waals surface area contributed by atoms with Gasteiger partial charge in [-0.15, -0.1) is 0 Å². The maximum atomic E-state index is 11.5. The smallest absolute Gasteiger partial charge is 0.141 e. The molecule has 1 N–H and O–H groups in total. The van der Waals surface area contributed by atoms with Gasteiger partial charge in [0.1, 0.15) is 12.1 Å². The van der Waals surface area contributed by atoms with E-state index in [1.54, 1.807) is 0 Å². The van der Waals surface area contributed by atoms with Crippen LogP contribution >= 0.6 is 0 Å². The van der Waals surface area contributed by atoms with E-state index in [1.807, 2.05) is 36.4 Å². The molecule has 3 aromatic rings. The van der Waals surface area contributed by atoms with Gasteiger partial charge in [-0.25, -0.2) is 4.98 Å². The molecule has 0 saturated heterocycles. The molecule has 0 radical (unpaired) electrons. The molecule has 0 saturated carbocycles. The Labute approximate surface area is 128 Å². The molecule has 1 aromatic heterocycles. The fraction of sp³-hybridized carbons (Fsp3) is 0.222. The van der Waals surface area contributed by atoms with Gasteiger partial charge in [0.25, 0.3) is 0 Å². The second kappa shape index (κ2) is 5.39. The summed E-state index contributed by atoms with van der Waals surface area (Å²) in [6, 6.07) is 16.1. The minimum Gasteiger partial charge on any atom is -0.342 e. The zero-order valence-corrected chi connectivity index (χ0v) is 12.2. The Morgan fingerprint density at radius 1 is 1.18 bits per heavy atom. The van der Waals surface area contributed by atoms with Gasteiger partial charge in [-0.2, -0.15) is 0 Å². The molecule has 0 bridgehead atoms. The molecule has 1 aliphatic heterocycles. The molecule has 0 amide bonds. The van der Waals surface area contributed by atoms with Crippen LogP contribution in [0.3, 0.4) is 0 Å². The quantitative estimate of drug-likeness (QED) is 0.752. The van der Waals surface area contributed by atoms with Gasteiger partial charge in [0.2, 0.25) is 0 Å². The van der Waals surface area contributed by atoms with Crippen LogP contribution in [0.1, 0.15) is 23.0 Å². The first kappa shape index (κ1) is 13.2. The third-order valence-corrected chi connectivity index (χ3v) is 4.34. The molecule has 4 nitrogen and oxygen atoms in total. The van der Waals surface area contributed by atoms with E-state index in [1.165, 1.54) is 5.56 Å². The number of benzene rings is 2. The van der Waals surface area contributed by atoms with Crippen molar-refractivity contribution in [2.45, 2.75) is 19.0 Å². The maximum absolute atomic E-state index is 11.5. The van der Waals surface area contributed by atoms with E-state index in [4.69, 9.17) is 0 Å². The SMILES string of the molecule is O=CC1c2ccccc2CN1CCc1nc2ccccc2[nH]1. The number of para-hydroxylation sites is 2. The number of carbonyl (C=O) groups excluding carboxylic acids is 1. The van der Waals surface area contributed by atoms with Crippen LogP contribution in [0.25, 0.3) is 11.0 Å². The number of hydrogen-bond acceptors (Lipinski definition) is 3. The van der Waals surface area contributed by atoms with Gasteiger partial charge in [0.05, 0.1) is 17.1 Å². The minimum atomic E-state index is -0.124. The lowest BCUT2D eigenvalue weighted by atomic mass is 10.1. The number of aldehydes is 1. The first-order valence-electron chi connectivity index (χ1n) is 7.56. The second-order valence-corrected chi connectivity index (χ2v) is 5.70. The number of fused-ring (bicyclic) bond motifs is 2. The van der Waals surface area contributed by atoms with E-state index in [-0.39, 0.29) is 6.04 Å². The van der Waals surface area contributed by atoms with Crippen LogP contribution in [-0.2, 0) is 17.8 Å². The van der Waals surface area contributed by atoms with Crippen LogP contribution in [0.15, 0.2) is 48.5 Å². The van der Waals surface area contributed by atoms with E-state index in [2.05, 4.69) is 27.0 Å². The Balaban J connectivity index is 1.51. The lowest BCUT2D eigenvalue weighted by Crippen LogP contribution is -2.25. The number of aromatic nitrogens is 2. The predicted octanol–water partition coefficient (Wildman–Crippen LogP) is 2.86. The monoisotopic (exact) mass is 291 g/mol. The summed E-state index contributed by atoms with van der Waals surface area (Å²) in [4.78, 5) is 21.6. The number of nitrogens with zero attached hydrogens (tertiary/aromatic N) is 2. The summed E-state index contributed by atoms with van der Waals surface area (Å²) in [5.74, 6) is 0.974. The molecule has 0 fully saturated rings. The van der Waals surface area contributed by atoms with Gasteiger partial charge >= 0.3 is 0 Å². The van der Waals surface area contributed by atoms with Crippen molar-refractivity contribution >= 4 is 17.3 Å². The minimum absolute atomic E-state index is 0.124. The van der Waals surface area contributed by atoms with E-state index in [0.29, 0.717) is 0 Å². The molecule has 0 aliphatic carbocycles. The normalized spacial score (nSPS) is 17.7. The highest BCUT2D eigenvalue weighted by Gasteiger charge is 2.29. The average Bonchev–Trinajstić information content (AvgIpc) is 3.12. The van der Waals surface area contributed by atoms with Crippen LogP contribution < -0.4 is 0 Å². The van der Waals surface area contributed by atoms with Crippen LogP contribution in [0.2, 0.25) is 0 Å². The van der Waals surface area contributed by atoms with Crippen molar-refractivity contribution < 1.29 is 4.79 Å². The van der Waals surface area contributed by atoms with Crippen molar-refractivity contribution in [1.82, 2.24) is 14.9 Å². The highest BCUT2D eigenvalue weighted by molar-refractivity contribution is 5.74. The lowest BCUT2D eigenvalue weighted by Gasteiger charge is -2.19. The molecule has 4 heteroatoms. The molecule has 22 heavy (non-hydrogen) atoms. The zero-order valence-electron chi connectivity index (χ0n) is 12.2. The molecular weight excluding hydrogens is 274 g/mol. The topological polar surface area (TPSA) is 49.0 Å². The average molecular weight is 291 g/mol. The van der Waals surface area contributed by atoms with Crippen molar-refractivity contribution in [1.29, 1.82) is 0 Å². The Bertz CT molecular complexity index is 791. The second-order valence-electron chi connectivity index (χ2n) is 5.70. The third-order valence-electron chi connectivity index (χ3n) is 4.34. The number of hydrogen-bond donors (Lipinski definition) is 1. The Hall–Kier alpha value is -2.46. The summed E-state index contributed by atoms with van der Waals surface area (Å²) in [7, 11) is 0. The van der Waals surface area contributed by atoms with Gasteiger partial charge in [-0.05, 0) is 23.3 Å². The molecule has 2 aromatic carbocycles. The Morgan fingerprint density at radius 3 is 2.86 bits per heavy atom. The van der Waals surface area contributed by atoms with E-state index < -0.39 is 0 Å². The van der Waals surface area contributed by atoms with Gasteiger partial charge in [-0.3, -0.25) is 4.90 Å². The van der Waals surface area contributed by atoms with Crippen LogP contribution in [0, 0.1) is 0 Å². The van der Waals surface area contributed by atoms with Crippen molar-refractivity contribution in [3.63, 3.8) is 0 Å². The predicted molar refractivity (Wildman–Crippen MR) is 85.5 cm³/mol. The van der Waals surface area contributed by atoms with Crippen molar-refractivity contribution in [2.24, 2.45) is 0 Å². The van der Waals surface area contributed by atoms with Crippen molar-refractivity contribution in [3.05, 3.63) is 65.5 Å². The molecule has 4 rings (SSSR count). The van der Waals surface area contributed by atoms with Crippen LogP contribution in [-0.4, -0.2) is 27.7 Å². The highest BCUT2D eigenvalue weighted by atomic mass is 16.1. The zero-order chi connectivity index (χ0) is 14.9. The summed E-state index contributed by atoms with van der Waals surface area (Å²) in [6.07, 6.45) is 1.86. The largest absolute Gasteiger partial charge is 0.342 e. The summed E-state index contributed by atoms with van der Waals surface area (Å²) < 4.78 is 0. The lowest BCUT2D eigenvalue weighted by molar-refractivity contribution is -0.112. The number of imidazole rings is 1. The molecule has 1 aliphatic rings. The van der Waals surface area contributed by atoms with Crippen LogP contribution in [0.5, 0.6) is 0 Å². The van der Waals surface area contributed by atoms with E-state index >= 15 is 0 Å². The fourth-order valence-electron chi connectivity index (χ4n) is 3.23. The van der Waals surface area contributed by atoms with Crippen molar-refractivity contribution in [2.75, 3.05) is 6.54 Å². The highest BCUT2D eigenvalue weighted by Crippen LogP contribution is 2.31. The number of H-pyrrole nitrogens is 1. The van der Waals surface area contributed by atoms with Gasteiger partial charge in [0, 0.05) is 19.5 Å². The fourth-order valence-corrected chi connectivity index (χ4v) is 3.23. The summed E-state index contributed by atoms with van der Waals surface area (Å²) >= 11 is 0. The maximum Gasteiger partial charge on any atom is 0.141 e. The molecule has 110 valence electrons. The van der Waals surface area contributed by atoms with Crippen LogP contribution in [0.4, 0.5) is 0 Å². The molecule has 0 spiro atoms. The molecule has 1 unspecified atom stereocenters. The molecule has 1 atom stereocenters. The summed E-state index contributed by atoms with van der Waals surface area (Å²) in [5.41, 5.74) is 4.45. The van der Waals surface area contributed by atoms with Gasteiger partial charge in [0.15, 0.2) is 0 Å². The van der Waals surface area contributed by atoms with Gasteiger partial charge in [-0.1, -0.05) is 36.4 Å².